The van der Waals surface area contributed by atoms with E-state index in [4.69, 9.17) is 9.47 Å². The Labute approximate surface area is 173 Å². The number of rotatable bonds is 9. The van der Waals surface area contributed by atoms with Crippen LogP contribution in [0.2, 0.25) is 0 Å². The van der Waals surface area contributed by atoms with Crippen molar-refractivity contribution in [2.75, 3.05) is 33.4 Å². The molecule has 1 fully saturated rings. The molecule has 7 heteroatoms. The summed E-state index contributed by atoms with van der Waals surface area (Å²) in [4.78, 5) is 4.32. The molecule has 1 aliphatic rings. The lowest BCUT2D eigenvalue weighted by Crippen LogP contribution is -2.37. The summed E-state index contributed by atoms with van der Waals surface area (Å²) in [5.74, 6) is 2.22. The quantitative estimate of drug-likeness (QED) is 0.385. The van der Waals surface area contributed by atoms with Gasteiger partial charge < -0.3 is 20.1 Å². The maximum Gasteiger partial charge on any atom is 0.191 e. The van der Waals surface area contributed by atoms with Gasteiger partial charge in [0, 0.05) is 51.0 Å². The number of aliphatic imine (C=N–C) groups is 1. The summed E-state index contributed by atoms with van der Waals surface area (Å²) in [6, 6.07) is 6.34. The normalized spacial score (nSPS) is 16.8. The van der Waals surface area contributed by atoms with Crippen molar-refractivity contribution in [3.05, 3.63) is 47.3 Å². The van der Waals surface area contributed by atoms with E-state index in [0.29, 0.717) is 19.1 Å². The van der Waals surface area contributed by atoms with Gasteiger partial charge in [0.25, 0.3) is 0 Å². The first-order valence-electron chi connectivity index (χ1n) is 10.4. The minimum Gasteiger partial charge on any atom is -0.493 e. The van der Waals surface area contributed by atoms with Gasteiger partial charge in [0.15, 0.2) is 5.96 Å². The number of hydrogen-bond acceptors (Lipinski definition) is 4. The molecule has 158 valence electrons. The molecule has 1 unspecified atom stereocenters. The number of aryl methyl sites for hydroxylation is 3. The van der Waals surface area contributed by atoms with Crippen molar-refractivity contribution < 1.29 is 9.47 Å². The fraction of sp³-hybridized carbons (Fsp3) is 0.545. The summed E-state index contributed by atoms with van der Waals surface area (Å²) in [6.07, 6.45) is 6.00. The van der Waals surface area contributed by atoms with Crippen LogP contribution in [0.4, 0.5) is 0 Å². The highest BCUT2D eigenvalue weighted by Gasteiger charge is 2.17. The van der Waals surface area contributed by atoms with E-state index < -0.39 is 0 Å². The average molecular weight is 400 g/mol. The first-order chi connectivity index (χ1) is 14.1. The standard InChI is InChI=1S/C22H33N5O2/c1-17-5-6-20(21(11-17)29-16-19-7-10-28-15-19)13-25-22(23-3)24-8-4-9-27-14-18(2)12-26-27/h5-6,11-12,14,19H,4,7-10,13,15-16H2,1-3H3,(H2,23,24,25). The Bertz CT molecular complexity index is 796. The van der Waals surface area contributed by atoms with Gasteiger partial charge in [-0.1, -0.05) is 12.1 Å². The molecular weight excluding hydrogens is 366 g/mol. The molecule has 1 aromatic heterocycles. The molecule has 0 amide bonds. The van der Waals surface area contributed by atoms with Crippen LogP contribution in [0.1, 0.15) is 29.5 Å². The summed E-state index contributed by atoms with van der Waals surface area (Å²) in [5.41, 5.74) is 3.51. The van der Waals surface area contributed by atoms with Crippen LogP contribution in [0, 0.1) is 19.8 Å². The minimum atomic E-state index is 0.490. The molecule has 1 saturated heterocycles. The van der Waals surface area contributed by atoms with E-state index in [1.807, 2.05) is 10.9 Å². The highest BCUT2D eigenvalue weighted by atomic mass is 16.5. The number of guanidine groups is 1. The first kappa shape index (κ1) is 21.2. The van der Waals surface area contributed by atoms with E-state index in [2.05, 4.69) is 59.0 Å². The largest absolute Gasteiger partial charge is 0.493 e. The molecular formula is C22H33N5O2. The van der Waals surface area contributed by atoms with Crippen LogP contribution in [0.25, 0.3) is 0 Å². The first-order valence-corrected chi connectivity index (χ1v) is 10.4. The molecule has 0 saturated carbocycles. The van der Waals surface area contributed by atoms with Gasteiger partial charge in [0.2, 0.25) is 0 Å². The van der Waals surface area contributed by atoms with Gasteiger partial charge in [-0.25, -0.2) is 0 Å². The lowest BCUT2D eigenvalue weighted by molar-refractivity contribution is 0.166. The second kappa shape index (κ2) is 10.9. The molecule has 3 rings (SSSR count). The smallest absolute Gasteiger partial charge is 0.191 e. The monoisotopic (exact) mass is 399 g/mol. The summed E-state index contributed by atoms with van der Waals surface area (Å²) in [6.45, 7) is 8.87. The molecule has 1 atom stereocenters. The lowest BCUT2D eigenvalue weighted by Gasteiger charge is -2.17. The third-order valence-electron chi connectivity index (χ3n) is 5.01. The van der Waals surface area contributed by atoms with Crippen molar-refractivity contribution in [2.24, 2.45) is 10.9 Å². The number of hydrogen-bond donors (Lipinski definition) is 2. The fourth-order valence-corrected chi connectivity index (χ4v) is 3.30. The van der Waals surface area contributed by atoms with E-state index in [0.717, 1.165) is 56.4 Å². The SMILES string of the molecule is CN=C(NCCCn1cc(C)cn1)NCc1ccc(C)cc1OCC1CCOC1. The Morgan fingerprint density at radius 3 is 2.93 bits per heavy atom. The molecule has 0 aliphatic carbocycles. The Morgan fingerprint density at radius 2 is 2.21 bits per heavy atom. The Kier molecular flexibility index (Phi) is 7.93. The van der Waals surface area contributed by atoms with Gasteiger partial charge in [-0.05, 0) is 43.9 Å². The van der Waals surface area contributed by atoms with E-state index in [-0.39, 0.29) is 0 Å². The van der Waals surface area contributed by atoms with Crippen molar-refractivity contribution in [1.82, 2.24) is 20.4 Å². The van der Waals surface area contributed by atoms with Crippen LogP contribution in [0.15, 0.2) is 35.6 Å². The second-order valence-corrected chi connectivity index (χ2v) is 7.64. The van der Waals surface area contributed by atoms with Crippen LogP contribution in [0.5, 0.6) is 5.75 Å². The maximum atomic E-state index is 6.13. The molecule has 0 bridgehead atoms. The summed E-state index contributed by atoms with van der Waals surface area (Å²) < 4.78 is 13.5. The van der Waals surface area contributed by atoms with Crippen molar-refractivity contribution in [3.8, 4) is 5.75 Å². The lowest BCUT2D eigenvalue weighted by atomic mass is 10.1. The number of aromatic nitrogens is 2. The Hall–Kier alpha value is -2.54. The Balaban J connectivity index is 1.45. The minimum absolute atomic E-state index is 0.490. The molecule has 0 radical (unpaired) electrons. The highest BCUT2D eigenvalue weighted by molar-refractivity contribution is 5.79. The Morgan fingerprint density at radius 1 is 1.31 bits per heavy atom. The van der Waals surface area contributed by atoms with Gasteiger partial charge >= 0.3 is 0 Å². The molecule has 1 aliphatic heterocycles. The second-order valence-electron chi connectivity index (χ2n) is 7.64. The maximum absolute atomic E-state index is 6.13. The zero-order valence-corrected chi connectivity index (χ0v) is 17.8. The third kappa shape index (κ3) is 6.78. The molecule has 0 spiro atoms. The average Bonchev–Trinajstić information content (AvgIpc) is 3.38. The molecule has 29 heavy (non-hydrogen) atoms. The summed E-state index contributed by atoms with van der Waals surface area (Å²) in [7, 11) is 1.79. The van der Waals surface area contributed by atoms with Gasteiger partial charge in [0.05, 0.1) is 19.4 Å². The number of nitrogens with zero attached hydrogens (tertiary/aromatic N) is 3. The van der Waals surface area contributed by atoms with Gasteiger partial charge in [-0.2, -0.15) is 5.10 Å². The predicted octanol–water partition coefficient (Wildman–Crippen LogP) is 2.67. The van der Waals surface area contributed by atoms with Crippen LogP contribution < -0.4 is 15.4 Å². The number of ether oxygens (including phenoxy) is 2. The number of nitrogens with one attached hydrogen (secondary N) is 2. The van der Waals surface area contributed by atoms with Gasteiger partial charge in [-0.3, -0.25) is 9.67 Å². The van der Waals surface area contributed by atoms with Crippen LogP contribution >= 0.6 is 0 Å². The molecule has 2 N–H and O–H groups in total. The summed E-state index contributed by atoms with van der Waals surface area (Å²) in [5, 5.41) is 11.1. The van der Waals surface area contributed by atoms with Crippen LogP contribution in [0.3, 0.4) is 0 Å². The van der Waals surface area contributed by atoms with Crippen LogP contribution in [-0.4, -0.2) is 49.2 Å². The van der Waals surface area contributed by atoms with Crippen molar-refractivity contribution >= 4 is 5.96 Å². The van der Waals surface area contributed by atoms with Gasteiger partial charge in [-0.15, -0.1) is 0 Å². The third-order valence-corrected chi connectivity index (χ3v) is 5.01. The predicted molar refractivity (Wildman–Crippen MR) is 115 cm³/mol. The topological polar surface area (TPSA) is 72.7 Å². The van der Waals surface area contributed by atoms with Gasteiger partial charge in [0.1, 0.15) is 5.75 Å². The zero-order valence-electron chi connectivity index (χ0n) is 17.8. The molecule has 2 heterocycles. The number of benzene rings is 1. The molecule has 7 nitrogen and oxygen atoms in total. The summed E-state index contributed by atoms with van der Waals surface area (Å²) >= 11 is 0. The van der Waals surface area contributed by atoms with Crippen LogP contribution in [-0.2, 0) is 17.8 Å². The fourth-order valence-electron chi connectivity index (χ4n) is 3.30. The van der Waals surface area contributed by atoms with Crippen molar-refractivity contribution in [2.45, 2.75) is 39.8 Å². The van der Waals surface area contributed by atoms with E-state index in [9.17, 15) is 0 Å². The molecule has 1 aromatic carbocycles. The van der Waals surface area contributed by atoms with Crippen molar-refractivity contribution in [1.29, 1.82) is 0 Å². The molecule has 2 aromatic rings. The van der Waals surface area contributed by atoms with Crippen molar-refractivity contribution in [3.63, 3.8) is 0 Å². The van der Waals surface area contributed by atoms with E-state index >= 15 is 0 Å². The zero-order chi connectivity index (χ0) is 20.5. The highest BCUT2D eigenvalue weighted by Crippen LogP contribution is 2.22. The van der Waals surface area contributed by atoms with E-state index in [1.165, 1.54) is 11.1 Å². The van der Waals surface area contributed by atoms with E-state index in [1.54, 1.807) is 7.05 Å².